The molecule has 0 bridgehead atoms. The molecular weight excluding hydrogens is 336 g/mol. The molecule has 1 aromatic heterocycles. The molecule has 5 nitrogen and oxygen atoms in total. The number of aliphatic hydroxyl groups is 1. The largest absolute Gasteiger partial charge is 0.396 e. The van der Waals surface area contributed by atoms with Crippen LogP contribution in [0.2, 0.25) is 0 Å². The third-order valence-electron chi connectivity index (χ3n) is 5.05. The number of hydrogen-bond donors (Lipinski definition) is 2. The summed E-state index contributed by atoms with van der Waals surface area (Å²) in [5, 5.41) is 13.4. The van der Waals surface area contributed by atoms with E-state index in [-0.39, 0.29) is 23.5 Å². The maximum atomic E-state index is 13.0. The van der Waals surface area contributed by atoms with Crippen LogP contribution in [0.15, 0.2) is 59.6 Å². The molecule has 3 aromatic rings. The lowest BCUT2D eigenvalue weighted by Gasteiger charge is -2.39. The summed E-state index contributed by atoms with van der Waals surface area (Å²) >= 11 is 0. The summed E-state index contributed by atoms with van der Waals surface area (Å²) in [6.07, 6.45) is 2.31. The molecule has 0 fully saturated rings. The fraction of sp³-hybridized carbons (Fsp3) is 0.263. The Bertz CT molecular complexity index is 1030. The highest BCUT2D eigenvalue weighted by molar-refractivity contribution is 7.90. The lowest BCUT2D eigenvalue weighted by molar-refractivity contribution is 0.251. The normalized spacial score (nSPS) is 19.6. The Morgan fingerprint density at radius 3 is 2.56 bits per heavy atom. The molecule has 0 saturated carbocycles. The molecule has 2 aromatic carbocycles. The molecule has 25 heavy (non-hydrogen) atoms. The zero-order valence-electron chi connectivity index (χ0n) is 13.9. The predicted molar refractivity (Wildman–Crippen MR) is 97.2 cm³/mol. The number of aromatic nitrogens is 1. The Balaban J connectivity index is 1.85. The standard InChI is InChI=1S/C19H20N2O3S/c1-20-19-15(8-10-22)16-11-13-7-9-21(18(13)12-17(16)19)25(23,24)14-5-3-2-4-6-14/h2-7,9,11-12,15,19-20,22H,8,10H2,1H3/t15-,19-/m0/s1. The monoisotopic (exact) mass is 356 g/mol. The van der Waals surface area contributed by atoms with Crippen LogP contribution in [0.5, 0.6) is 0 Å². The molecule has 1 heterocycles. The maximum absolute atomic E-state index is 13.0. The highest BCUT2D eigenvalue weighted by Crippen LogP contribution is 2.48. The average Bonchev–Trinajstić information content (AvgIpc) is 3.04. The molecule has 2 N–H and O–H groups in total. The Labute approximate surface area is 147 Å². The van der Waals surface area contributed by atoms with Crippen molar-refractivity contribution in [1.29, 1.82) is 0 Å². The lowest BCUT2D eigenvalue weighted by Crippen LogP contribution is -2.34. The van der Waals surface area contributed by atoms with Gasteiger partial charge in [0.1, 0.15) is 0 Å². The minimum absolute atomic E-state index is 0.143. The third kappa shape index (κ3) is 2.40. The van der Waals surface area contributed by atoms with Gasteiger partial charge in [-0.15, -0.1) is 0 Å². The van der Waals surface area contributed by atoms with Gasteiger partial charge in [-0.25, -0.2) is 12.4 Å². The van der Waals surface area contributed by atoms with Gasteiger partial charge in [0.05, 0.1) is 10.4 Å². The number of nitrogens with one attached hydrogen (secondary N) is 1. The van der Waals surface area contributed by atoms with Gasteiger partial charge in [0.2, 0.25) is 0 Å². The van der Waals surface area contributed by atoms with Crippen molar-refractivity contribution in [3.63, 3.8) is 0 Å². The maximum Gasteiger partial charge on any atom is 0.268 e. The van der Waals surface area contributed by atoms with Gasteiger partial charge in [-0.05, 0) is 54.9 Å². The molecular formula is C19H20N2O3S. The molecule has 1 aliphatic rings. The summed E-state index contributed by atoms with van der Waals surface area (Å²) in [5.41, 5.74) is 2.98. The van der Waals surface area contributed by atoms with E-state index in [1.165, 1.54) is 9.54 Å². The molecule has 0 radical (unpaired) electrons. The minimum Gasteiger partial charge on any atom is -0.396 e. The summed E-state index contributed by atoms with van der Waals surface area (Å²) in [6, 6.07) is 14.5. The molecule has 0 amide bonds. The van der Waals surface area contributed by atoms with Crippen LogP contribution in [0.4, 0.5) is 0 Å². The predicted octanol–water partition coefficient (Wildman–Crippen LogP) is 2.62. The topological polar surface area (TPSA) is 71.3 Å². The van der Waals surface area contributed by atoms with Crippen molar-refractivity contribution in [2.75, 3.05) is 13.7 Å². The van der Waals surface area contributed by atoms with Crippen molar-refractivity contribution < 1.29 is 13.5 Å². The summed E-state index contributed by atoms with van der Waals surface area (Å²) in [7, 11) is -1.73. The van der Waals surface area contributed by atoms with Crippen molar-refractivity contribution >= 4 is 20.9 Å². The number of aliphatic hydroxyl groups excluding tert-OH is 1. The van der Waals surface area contributed by atoms with Crippen molar-refractivity contribution in [1.82, 2.24) is 9.29 Å². The van der Waals surface area contributed by atoms with Gasteiger partial charge in [-0.1, -0.05) is 18.2 Å². The number of likely N-dealkylation sites (N-methyl/N-ethyl adjacent to an activating group) is 1. The van der Waals surface area contributed by atoms with Crippen LogP contribution in [-0.2, 0) is 10.0 Å². The second-order valence-corrected chi connectivity index (χ2v) is 8.17. The molecule has 0 spiro atoms. The summed E-state index contributed by atoms with van der Waals surface area (Å²) in [6.45, 7) is 0.143. The van der Waals surface area contributed by atoms with E-state index in [4.69, 9.17) is 0 Å². The van der Waals surface area contributed by atoms with Crippen molar-refractivity contribution in [2.45, 2.75) is 23.3 Å². The van der Waals surface area contributed by atoms with Gasteiger partial charge in [0, 0.05) is 30.1 Å². The zero-order chi connectivity index (χ0) is 17.6. The van der Waals surface area contributed by atoms with E-state index in [9.17, 15) is 13.5 Å². The van der Waals surface area contributed by atoms with E-state index in [0.717, 1.165) is 10.9 Å². The number of nitrogens with zero attached hydrogens (tertiary/aromatic N) is 1. The molecule has 0 unspecified atom stereocenters. The van der Waals surface area contributed by atoms with Crippen molar-refractivity contribution in [3.8, 4) is 0 Å². The van der Waals surface area contributed by atoms with Crippen LogP contribution in [0.3, 0.4) is 0 Å². The van der Waals surface area contributed by atoms with Gasteiger partial charge in [0.25, 0.3) is 10.0 Å². The lowest BCUT2D eigenvalue weighted by atomic mass is 9.71. The first-order valence-electron chi connectivity index (χ1n) is 8.31. The summed E-state index contributed by atoms with van der Waals surface area (Å²) in [4.78, 5) is 0.276. The Morgan fingerprint density at radius 1 is 1.12 bits per heavy atom. The number of rotatable bonds is 5. The minimum atomic E-state index is -3.62. The highest BCUT2D eigenvalue weighted by Gasteiger charge is 2.37. The molecule has 2 atom stereocenters. The Morgan fingerprint density at radius 2 is 1.88 bits per heavy atom. The first kappa shape index (κ1) is 16.3. The van der Waals surface area contributed by atoms with Crippen LogP contribution < -0.4 is 5.32 Å². The molecule has 1 aliphatic carbocycles. The van der Waals surface area contributed by atoms with Crippen LogP contribution in [-0.4, -0.2) is 31.2 Å². The summed E-state index contributed by atoms with van der Waals surface area (Å²) in [5.74, 6) is 0.267. The zero-order valence-corrected chi connectivity index (χ0v) is 14.7. The van der Waals surface area contributed by atoms with Crippen LogP contribution in [0.1, 0.15) is 29.5 Å². The highest BCUT2D eigenvalue weighted by atomic mass is 32.2. The van der Waals surface area contributed by atoms with Gasteiger partial charge < -0.3 is 10.4 Å². The number of hydrogen-bond acceptors (Lipinski definition) is 4. The van der Waals surface area contributed by atoms with E-state index in [0.29, 0.717) is 11.9 Å². The SMILES string of the molecule is CN[C@@H]1c2cc3c(ccn3S(=O)(=O)c3ccccc3)cc2[C@@H]1CCO. The fourth-order valence-corrected chi connectivity index (χ4v) is 5.18. The van der Waals surface area contributed by atoms with Crippen LogP contribution in [0, 0.1) is 0 Å². The van der Waals surface area contributed by atoms with E-state index in [1.54, 1.807) is 36.5 Å². The van der Waals surface area contributed by atoms with Gasteiger partial charge in [-0.2, -0.15) is 0 Å². The van der Waals surface area contributed by atoms with Crippen LogP contribution in [0.25, 0.3) is 10.9 Å². The third-order valence-corrected chi connectivity index (χ3v) is 6.75. The molecule has 0 aliphatic heterocycles. The number of benzene rings is 2. The molecule has 0 saturated heterocycles. The fourth-order valence-electron chi connectivity index (χ4n) is 3.82. The Hall–Kier alpha value is -2.15. The van der Waals surface area contributed by atoms with E-state index in [2.05, 4.69) is 11.4 Å². The molecule has 130 valence electrons. The second kappa shape index (κ2) is 5.98. The van der Waals surface area contributed by atoms with Crippen LogP contribution >= 0.6 is 0 Å². The van der Waals surface area contributed by atoms with E-state index < -0.39 is 10.0 Å². The Kier molecular flexibility index (Phi) is 3.91. The molecule has 4 rings (SSSR count). The summed E-state index contributed by atoms with van der Waals surface area (Å²) < 4.78 is 27.3. The first-order chi connectivity index (χ1) is 12.1. The van der Waals surface area contributed by atoms with Gasteiger partial charge in [-0.3, -0.25) is 0 Å². The quantitative estimate of drug-likeness (QED) is 0.737. The first-order valence-corrected chi connectivity index (χ1v) is 9.75. The van der Waals surface area contributed by atoms with Crippen molar-refractivity contribution in [2.24, 2.45) is 0 Å². The molecule has 6 heteroatoms. The van der Waals surface area contributed by atoms with E-state index in [1.807, 2.05) is 19.2 Å². The smallest absolute Gasteiger partial charge is 0.268 e. The average molecular weight is 356 g/mol. The second-order valence-electron chi connectivity index (χ2n) is 6.35. The van der Waals surface area contributed by atoms with Crippen molar-refractivity contribution in [3.05, 3.63) is 65.9 Å². The van der Waals surface area contributed by atoms with Gasteiger partial charge in [0.15, 0.2) is 0 Å². The number of fused-ring (bicyclic) bond motifs is 2. The van der Waals surface area contributed by atoms with Gasteiger partial charge >= 0.3 is 0 Å². The van der Waals surface area contributed by atoms with E-state index >= 15 is 0 Å².